The Morgan fingerprint density at radius 3 is 1.73 bits per heavy atom. The van der Waals surface area contributed by atoms with Gasteiger partial charge in [-0.3, -0.25) is 4.89 Å². The van der Waals surface area contributed by atoms with Crippen LogP contribution in [-0.4, -0.2) is 25.9 Å². The molecule has 0 bridgehead atoms. The molecule has 0 amide bonds. The summed E-state index contributed by atoms with van der Waals surface area (Å²) in [5.41, 5.74) is 0. The summed E-state index contributed by atoms with van der Waals surface area (Å²) in [4.78, 5) is 34.3. The van der Waals surface area contributed by atoms with Crippen molar-refractivity contribution in [1.29, 1.82) is 0 Å². The molecule has 0 aromatic carbocycles. The van der Waals surface area contributed by atoms with E-state index in [-0.39, 0.29) is 0 Å². The minimum atomic E-state index is -4.64. The first-order valence-corrected chi connectivity index (χ1v) is 3.64. The van der Waals surface area contributed by atoms with E-state index in [0.29, 0.717) is 0 Å². The van der Waals surface area contributed by atoms with Crippen LogP contribution in [-0.2, 0) is 14.2 Å². The molecular formula is C3H7O7P. The first kappa shape index (κ1) is 12.9. The highest BCUT2D eigenvalue weighted by molar-refractivity contribution is 7.45. The molecule has 66 valence electrons. The molecular weight excluding hydrogens is 179 g/mol. The van der Waals surface area contributed by atoms with Crippen molar-refractivity contribution < 1.29 is 34.2 Å². The summed E-state index contributed by atoms with van der Waals surface area (Å²) in [5, 5.41) is 7.41. The highest BCUT2D eigenvalue weighted by Crippen LogP contribution is 2.25. The number of carbonyl (C=O) groups excluding carboxylic acids is 1. The van der Waals surface area contributed by atoms with Crippen LogP contribution in [0.5, 0.6) is 0 Å². The van der Waals surface area contributed by atoms with Gasteiger partial charge in [0.1, 0.15) is 0 Å². The first-order chi connectivity index (χ1) is 4.81. The van der Waals surface area contributed by atoms with Crippen LogP contribution in [0.2, 0.25) is 0 Å². The van der Waals surface area contributed by atoms with E-state index in [9.17, 15) is 4.79 Å². The molecule has 0 rings (SSSR count). The second-order valence-electron chi connectivity index (χ2n) is 1.13. The summed E-state index contributed by atoms with van der Waals surface area (Å²) in [6, 6.07) is 0. The van der Waals surface area contributed by atoms with Crippen molar-refractivity contribution in [1.82, 2.24) is 0 Å². The zero-order valence-corrected chi connectivity index (χ0v) is 6.14. The third-order valence-electron chi connectivity index (χ3n) is 0.257. The smallest absolute Gasteiger partial charge is 0.303 e. The normalized spacial score (nSPS) is 9.09. The molecule has 0 aromatic heterocycles. The van der Waals surface area contributed by atoms with Gasteiger partial charge in [-0.2, -0.15) is 5.26 Å². The molecule has 0 heterocycles. The number of rotatable bonds is 1. The van der Waals surface area contributed by atoms with E-state index in [1.165, 1.54) is 0 Å². The highest BCUT2D eigenvalue weighted by atomic mass is 31.2. The first-order valence-electron chi connectivity index (χ1n) is 2.07. The van der Waals surface area contributed by atoms with Crippen LogP contribution in [0.25, 0.3) is 0 Å². The Kier molecular flexibility index (Phi) is 7.07. The maximum atomic E-state index is 9.59. The Hall–Kier alpha value is -0.720. The molecule has 0 atom stereocenters. The van der Waals surface area contributed by atoms with E-state index in [4.69, 9.17) is 24.5 Å². The molecule has 0 spiro atoms. The van der Waals surface area contributed by atoms with Gasteiger partial charge in [0.2, 0.25) is 0 Å². The van der Waals surface area contributed by atoms with Gasteiger partial charge >= 0.3 is 13.8 Å². The molecule has 0 aliphatic heterocycles. The Morgan fingerprint density at radius 2 is 1.73 bits per heavy atom. The van der Waals surface area contributed by atoms with E-state index in [1.807, 2.05) is 0 Å². The van der Waals surface area contributed by atoms with Crippen molar-refractivity contribution in [2.24, 2.45) is 0 Å². The summed E-state index contributed by atoms with van der Waals surface area (Å²) in [6.45, 7) is 3.00. The minimum Gasteiger partial charge on any atom is -0.303 e. The fraction of sp³-hybridized carbons (Fsp3) is 0. The van der Waals surface area contributed by atoms with E-state index in [0.717, 1.165) is 6.08 Å². The van der Waals surface area contributed by atoms with Crippen LogP contribution in [0.3, 0.4) is 0 Å². The number of carbonyl (C=O) groups is 1. The Bertz CT molecular complexity index is 160. The standard InChI is InChI=1S/C3H4O3.H3O4P/c1-2-3(4)6-5;1-5(2,3)4/h2,5H,1H2;(H3,1,2,3,4). The number of hydrogen-bond donors (Lipinski definition) is 4. The molecule has 11 heavy (non-hydrogen) atoms. The zero-order chi connectivity index (χ0) is 9.49. The quantitative estimate of drug-likeness (QED) is 0.184. The molecule has 0 saturated heterocycles. The maximum absolute atomic E-state index is 9.59. The SMILES string of the molecule is C=CC(=O)OO.O=P(O)(O)O. The van der Waals surface area contributed by atoms with Gasteiger partial charge in [-0.25, -0.2) is 9.36 Å². The van der Waals surface area contributed by atoms with E-state index >= 15 is 0 Å². The zero-order valence-electron chi connectivity index (χ0n) is 5.25. The van der Waals surface area contributed by atoms with Gasteiger partial charge in [0.25, 0.3) is 0 Å². The summed E-state index contributed by atoms with van der Waals surface area (Å²) in [5.74, 6) is -0.838. The third kappa shape index (κ3) is 45.7. The molecule has 7 nitrogen and oxygen atoms in total. The Balaban J connectivity index is 0. The molecule has 0 radical (unpaired) electrons. The molecule has 0 aromatic rings. The fourth-order valence-electron chi connectivity index (χ4n) is 0.0373. The van der Waals surface area contributed by atoms with Crippen LogP contribution in [0.15, 0.2) is 12.7 Å². The Morgan fingerprint density at radius 1 is 1.45 bits per heavy atom. The van der Waals surface area contributed by atoms with Crippen LogP contribution in [0, 0.1) is 0 Å². The van der Waals surface area contributed by atoms with Crippen molar-refractivity contribution in [3.05, 3.63) is 12.7 Å². The maximum Gasteiger partial charge on any atom is 0.466 e. The van der Waals surface area contributed by atoms with Gasteiger partial charge in [-0.05, 0) is 0 Å². The lowest BCUT2D eigenvalue weighted by Crippen LogP contribution is -1.92. The lowest BCUT2D eigenvalue weighted by Gasteiger charge is -1.82. The molecule has 0 saturated carbocycles. The van der Waals surface area contributed by atoms with E-state index < -0.39 is 13.8 Å². The second kappa shape index (κ2) is 6.02. The molecule has 0 unspecified atom stereocenters. The van der Waals surface area contributed by atoms with Crippen molar-refractivity contribution >= 4 is 13.8 Å². The van der Waals surface area contributed by atoms with Gasteiger partial charge < -0.3 is 14.7 Å². The third-order valence-corrected chi connectivity index (χ3v) is 0.257. The summed E-state index contributed by atoms with van der Waals surface area (Å²) < 4.78 is 8.88. The van der Waals surface area contributed by atoms with Crippen molar-refractivity contribution in [3.8, 4) is 0 Å². The van der Waals surface area contributed by atoms with Crippen molar-refractivity contribution in [2.75, 3.05) is 0 Å². The molecule has 0 aliphatic rings. The van der Waals surface area contributed by atoms with Crippen LogP contribution in [0.1, 0.15) is 0 Å². The average Bonchev–Trinajstić information content (AvgIpc) is 1.83. The fourth-order valence-corrected chi connectivity index (χ4v) is 0.0373. The van der Waals surface area contributed by atoms with Gasteiger partial charge in [-0.15, -0.1) is 0 Å². The van der Waals surface area contributed by atoms with Gasteiger partial charge in [-0.1, -0.05) is 6.58 Å². The van der Waals surface area contributed by atoms with E-state index in [1.54, 1.807) is 0 Å². The van der Waals surface area contributed by atoms with Crippen LogP contribution < -0.4 is 0 Å². The highest BCUT2D eigenvalue weighted by Gasteiger charge is 2.00. The van der Waals surface area contributed by atoms with Gasteiger partial charge in [0, 0.05) is 6.08 Å². The Labute approximate surface area is 61.7 Å². The number of hydrogen-bond acceptors (Lipinski definition) is 4. The molecule has 0 aliphatic carbocycles. The average molecular weight is 186 g/mol. The molecule has 8 heteroatoms. The summed E-state index contributed by atoms with van der Waals surface area (Å²) >= 11 is 0. The minimum absolute atomic E-state index is 0.838. The van der Waals surface area contributed by atoms with Crippen LogP contribution in [0.4, 0.5) is 0 Å². The van der Waals surface area contributed by atoms with Crippen molar-refractivity contribution in [2.45, 2.75) is 0 Å². The molecule has 4 N–H and O–H groups in total. The predicted octanol–water partition coefficient (Wildman–Crippen LogP) is -0.740. The monoisotopic (exact) mass is 186 g/mol. The lowest BCUT2D eigenvalue weighted by molar-refractivity contribution is -0.228. The van der Waals surface area contributed by atoms with Crippen molar-refractivity contribution in [3.63, 3.8) is 0 Å². The molecule has 0 fully saturated rings. The van der Waals surface area contributed by atoms with E-state index in [2.05, 4.69) is 11.5 Å². The predicted molar refractivity (Wildman–Crippen MR) is 33.2 cm³/mol. The number of phosphoric acid groups is 1. The largest absolute Gasteiger partial charge is 0.466 e. The van der Waals surface area contributed by atoms with Gasteiger partial charge in [0.05, 0.1) is 0 Å². The second-order valence-corrected chi connectivity index (χ2v) is 2.15. The lowest BCUT2D eigenvalue weighted by atomic mass is 10.7. The summed E-state index contributed by atoms with van der Waals surface area (Å²) in [7, 11) is -4.64. The summed E-state index contributed by atoms with van der Waals surface area (Å²) in [6.07, 6.45) is 0.861. The topological polar surface area (TPSA) is 124 Å². The van der Waals surface area contributed by atoms with Gasteiger partial charge in [0.15, 0.2) is 0 Å². The van der Waals surface area contributed by atoms with Crippen LogP contribution >= 0.6 is 7.82 Å².